The molecular weight excluding hydrogens is 510 g/mol. The smallest absolute Gasteiger partial charge is 0.276 e. The van der Waals surface area contributed by atoms with E-state index in [1.54, 1.807) is 18.2 Å². The minimum Gasteiger partial charge on any atom is -0.484 e. The zero-order valence-corrected chi connectivity index (χ0v) is 19.6. The second kappa shape index (κ2) is 10.4. The van der Waals surface area contributed by atoms with Gasteiger partial charge in [0.25, 0.3) is 11.8 Å². The Bertz CT molecular complexity index is 1070. The van der Waals surface area contributed by atoms with Gasteiger partial charge in [-0.2, -0.15) is 4.31 Å². The highest BCUT2D eigenvalue weighted by atomic mass is 79.9. The predicted octanol–water partition coefficient (Wildman–Crippen LogP) is 3.12. The molecule has 1 fully saturated rings. The first-order chi connectivity index (χ1) is 14.8. The van der Waals surface area contributed by atoms with Gasteiger partial charge in [0.2, 0.25) is 10.0 Å². The van der Waals surface area contributed by atoms with E-state index in [4.69, 9.17) is 16.3 Å². The van der Waals surface area contributed by atoms with E-state index in [1.807, 2.05) is 6.07 Å². The first kappa shape index (κ1) is 23.5. The summed E-state index contributed by atoms with van der Waals surface area (Å²) < 4.78 is 33.2. The number of carbonyl (C=O) groups excluding carboxylic acids is 2. The Balaban J connectivity index is 1.62. The molecule has 166 valence electrons. The van der Waals surface area contributed by atoms with Gasteiger partial charge < -0.3 is 4.74 Å². The van der Waals surface area contributed by atoms with E-state index in [0.717, 1.165) is 23.7 Å². The summed E-state index contributed by atoms with van der Waals surface area (Å²) in [6, 6.07) is 10.9. The molecule has 2 aromatic carbocycles. The number of benzene rings is 2. The molecular formula is C20H21BrClN3O5S. The summed E-state index contributed by atoms with van der Waals surface area (Å²) in [5, 5.41) is 0.0646. The van der Waals surface area contributed by atoms with Gasteiger partial charge in [-0.15, -0.1) is 0 Å². The second-order valence-electron chi connectivity index (χ2n) is 6.85. The molecule has 0 bridgehead atoms. The normalized spacial score (nSPS) is 14.6. The summed E-state index contributed by atoms with van der Waals surface area (Å²) in [5.41, 5.74) is 4.38. The van der Waals surface area contributed by atoms with E-state index in [0.29, 0.717) is 18.8 Å². The lowest BCUT2D eigenvalue weighted by molar-refractivity contribution is -0.123. The number of carbonyl (C=O) groups is 2. The van der Waals surface area contributed by atoms with Crippen LogP contribution in [0.2, 0.25) is 5.02 Å². The molecule has 0 unspecified atom stereocenters. The van der Waals surface area contributed by atoms with E-state index in [1.165, 1.54) is 22.5 Å². The molecule has 0 aliphatic carbocycles. The van der Waals surface area contributed by atoms with Crippen molar-refractivity contribution >= 4 is 49.4 Å². The number of rotatable bonds is 6. The van der Waals surface area contributed by atoms with E-state index < -0.39 is 21.8 Å². The molecule has 11 heteroatoms. The molecule has 0 spiro atoms. The molecule has 31 heavy (non-hydrogen) atoms. The zero-order chi connectivity index (χ0) is 22.4. The van der Waals surface area contributed by atoms with Gasteiger partial charge in [-0.3, -0.25) is 20.4 Å². The summed E-state index contributed by atoms with van der Waals surface area (Å²) in [4.78, 5) is 24.4. The number of nitrogens with one attached hydrogen (secondary N) is 2. The highest BCUT2D eigenvalue weighted by molar-refractivity contribution is 9.10. The largest absolute Gasteiger partial charge is 0.484 e. The number of ether oxygens (including phenoxy) is 1. The fraction of sp³-hybridized carbons (Fsp3) is 0.300. The average molecular weight is 531 g/mol. The molecule has 2 aromatic rings. The molecule has 0 atom stereocenters. The summed E-state index contributed by atoms with van der Waals surface area (Å²) in [5.74, 6) is -0.854. The van der Waals surface area contributed by atoms with Crippen molar-refractivity contribution in [3.63, 3.8) is 0 Å². The molecule has 1 heterocycles. The van der Waals surface area contributed by atoms with E-state index >= 15 is 0 Å². The number of halogens is 2. The van der Waals surface area contributed by atoms with Crippen LogP contribution in [-0.2, 0) is 14.8 Å². The zero-order valence-electron chi connectivity index (χ0n) is 16.4. The Kier molecular flexibility index (Phi) is 7.93. The van der Waals surface area contributed by atoms with Crippen LogP contribution in [0.25, 0.3) is 0 Å². The minimum absolute atomic E-state index is 0.0201. The van der Waals surface area contributed by atoms with E-state index in [-0.39, 0.29) is 22.1 Å². The topological polar surface area (TPSA) is 105 Å². The van der Waals surface area contributed by atoms with Crippen LogP contribution in [0.15, 0.2) is 51.8 Å². The second-order valence-corrected chi connectivity index (χ2v) is 10.1. The number of hydrazine groups is 1. The number of amides is 2. The number of nitrogens with zero attached hydrogens (tertiary/aromatic N) is 1. The van der Waals surface area contributed by atoms with Crippen LogP contribution >= 0.6 is 27.5 Å². The van der Waals surface area contributed by atoms with Crippen molar-refractivity contribution in [2.45, 2.75) is 24.2 Å². The van der Waals surface area contributed by atoms with Crippen LogP contribution in [0.1, 0.15) is 29.6 Å². The summed E-state index contributed by atoms with van der Waals surface area (Å²) in [6.07, 6.45) is 2.59. The summed E-state index contributed by atoms with van der Waals surface area (Å²) in [6.45, 7) is 0.564. The first-order valence-corrected chi connectivity index (χ1v) is 12.2. The quantitative estimate of drug-likeness (QED) is 0.559. The number of sulfonamides is 1. The highest BCUT2D eigenvalue weighted by Gasteiger charge is 2.27. The van der Waals surface area contributed by atoms with E-state index in [9.17, 15) is 18.0 Å². The Morgan fingerprint density at radius 1 is 1.06 bits per heavy atom. The third-order valence-corrected chi connectivity index (χ3v) is 7.33. The lowest BCUT2D eigenvalue weighted by Crippen LogP contribution is -2.44. The molecule has 0 saturated carbocycles. The van der Waals surface area contributed by atoms with Gasteiger partial charge in [0.1, 0.15) is 5.75 Å². The van der Waals surface area contributed by atoms with E-state index in [2.05, 4.69) is 26.8 Å². The van der Waals surface area contributed by atoms with Crippen LogP contribution in [0.3, 0.4) is 0 Å². The van der Waals surface area contributed by atoms with Gasteiger partial charge in [-0.1, -0.05) is 40.0 Å². The summed E-state index contributed by atoms with van der Waals surface area (Å²) in [7, 11) is -3.73. The maximum atomic E-state index is 12.8. The van der Waals surface area contributed by atoms with Crippen molar-refractivity contribution in [3.05, 3.63) is 57.5 Å². The lowest BCUT2D eigenvalue weighted by Gasteiger charge is -2.26. The van der Waals surface area contributed by atoms with Crippen molar-refractivity contribution in [2.75, 3.05) is 19.7 Å². The third kappa shape index (κ3) is 6.19. The Morgan fingerprint density at radius 3 is 2.52 bits per heavy atom. The molecule has 1 saturated heterocycles. The average Bonchev–Trinajstić information content (AvgIpc) is 2.77. The minimum atomic E-state index is -3.73. The molecule has 2 N–H and O–H groups in total. The first-order valence-electron chi connectivity index (χ1n) is 9.54. The van der Waals surface area contributed by atoms with Crippen molar-refractivity contribution in [1.29, 1.82) is 0 Å². The van der Waals surface area contributed by atoms with Gasteiger partial charge in [0.15, 0.2) is 6.61 Å². The maximum Gasteiger partial charge on any atom is 0.276 e. The van der Waals surface area contributed by atoms with Crippen molar-refractivity contribution in [1.82, 2.24) is 15.2 Å². The molecule has 1 aliphatic heterocycles. The van der Waals surface area contributed by atoms with Crippen LogP contribution in [0.4, 0.5) is 0 Å². The SMILES string of the molecule is O=C(COc1cccc(Br)c1)NNC(=O)c1cc(S(=O)(=O)N2CCCCC2)ccc1Cl. The van der Waals surface area contributed by atoms with Gasteiger partial charge >= 0.3 is 0 Å². The Hall–Kier alpha value is -2.14. The highest BCUT2D eigenvalue weighted by Crippen LogP contribution is 2.25. The van der Waals surface area contributed by atoms with Crippen molar-refractivity contribution in [3.8, 4) is 5.75 Å². The monoisotopic (exact) mass is 529 g/mol. The fourth-order valence-corrected chi connectivity index (χ4v) is 5.15. The molecule has 8 nitrogen and oxygen atoms in total. The van der Waals surface area contributed by atoms with Crippen molar-refractivity contribution in [2.24, 2.45) is 0 Å². The van der Waals surface area contributed by atoms with Gasteiger partial charge in [0.05, 0.1) is 15.5 Å². The lowest BCUT2D eigenvalue weighted by atomic mass is 10.2. The van der Waals surface area contributed by atoms with Crippen LogP contribution in [-0.4, -0.2) is 44.2 Å². The third-order valence-electron chi connectivity index (χ3n) is 4.62. The molecule has 3 rings (SSSR count). The van der Waals surface area contributed by atoms with Gasteiger partial charge in [-0.05, 0) is 49.2 Å². The van der Waals surface area contributed by atoms with Crippen LogP contribution in [0.5, 0.6) is 5.75 Å². The fourth-order valence-electron chi connectivity index (χ4n) is 3.03. The van der Waals surface area contributed by atoms with Gasteiger partial charge in [-0.25, -0.2) is 8.42 Å². The predicted molar refractivity (Wildman–Crippen MR) is 119 cm³/mol. The Labute approximate surface area is 194 Å². The maximum absolute atomic E-state index is 12.8. The molecule has 0 aromatic heterocycles. The number of hydrogen-bond acceptors (Lipinski definition) is 5. The molecule has 1 aliphatic rings. The Morgan fingerprint density at radius 2 is 1.81 bits per heavy atom. The number of piperidine rings is 1. The molecule has 2 amide bonds. The standard InChI is InChI=1S/C20H21BrClN3O5S/c21-14-5-4-6-15(11-14)30-13-19(26)23-24-20(27)17-12-16(7-8-18(17)22)31(28,29)25-9-2-1-3-10-25/h4-8,11-12H,1-3,9-10,13H2,(H,23,26)(H,24,27). The van der Waals surface area contributed by atoms with Gasteiger partial charge in [0, 0.05) is 17.6 Å². The number of hydrogen-bond donors (Lipinski definition) is 2. The summed E-state index contributed by atoms with van der Waals surface area (Å²) >= 11 is 9.39. The van der Waals surface area contributed by atoms with Crippen LogP contribution < -0.4 is 15.6 Å². The van der Waals surface area contributed by atoms with Crippen molar-refractivity contribution < 1.29 is 22.7 Å². The molecule has 0 radical (unpaired) electrons. The van der Waals surface area contributed by atoms with Crippen LogP contribution in [0, 0.1) is 0 Å².